The van der Waals surface area contributed by atoms with Gasteiger partial charge < -0.3 is 15.1 Å². The summed E-state index contributed by atoms with van der Waals surface area (Å²) in [4.78, 5) is 14.0. The maximum Gasteiger partial charge on any atom is 0.259 e. The number of benzene rings is 1. The fraction of sp³-hybridized carbons (Fsp3) is 0.214. The van der Waals surface area contributed by atoms with Crippen LogP contribution in [0.3, 0.4) is 0 Å². The number of amides is 1. The molecule has 0 saturated carbocycles. The first-order chi connectivity index (χ1) is 9.13. The highest BCUT2D eigenvalue weighted by atomic mass is 35.5. The van der Waals surface area contributed by atoms with Crippen LogP contribution in [0.4, 0.5) is 5.69 Å². The summed E-state index contributed by atoms with van der Waals surface area (Å²) < 4.78 is 4.95. The molecule has 0 bridgehead atoms. The molecule has 0 radical (unpaired) electrons. The van der Waals surface area contributed by atoms with Gasteiger partial charge in [-0.1, -0.05) is 18.2 Å². The molecule has 1 heterocycles. The highest BCUT2D eigenvalue weighted by Crippen LogP contribution is 2.21. The van der Waals surface area contributed by atoms with E-state index in [2.05, 4.69) is 0 Å². The Morgan fingerprint density at radius 2 is 2.11 bits per heavy atom. The monoisotopic (exact) mass is 278 g/mol. The zero-order valence-electron chi connectivity index (χ0n) is 10.6. The van der Waals surface area contributed by atoms with E-state index in [1.807, 2.05) is 31.2 Å². The molecule has 0 fully saturated rings. The second-order valence-electron chi connectivity index (χ2n) is 4.13. The summed E-state index contributed by atoms with van der Waals surface area (Å²) in [6.45, 7) is 2.92. The van der Waals surface area contributed by atoms with Gasteiger partial charge in [-0.15, -0.1) is 0 Å². The van der Waals surface area contributed by atoms with Crippen molar-refractivity contribution in [3.8, 4) is 0 Å². The van der Waals surface area contributed by atoms with Gasteiger partial charge in [0.25, 0.3) is 5.91 Å². The third-order valence-electron chi connectivity index (χ3n) is 2.93. The van der Waals surface area contributed by atoms with Crippen LogP contribution >= 0.6 is 11.6 Å². The highest BCUT2D eigenvalue weighted by molar-refractivity contribution is 6.32. The molecule has 100 valence electrons. The van der Waals surface area contributed by atoms with E-state index in [1.54, 1.807) is 11.0 Å². The molecule has 19 heavy (non-hydrogen) atoms. The van der Waals surface area contributed by atoms with Crippen molar-refractivity contribution in [3.63, 3.8) is 0 Å². The maximum absolute atomic E-state index is 12.3. The predicted molar refractivity (Wildman–Crippen MR) is 75.0 cm³/mol. The molecular weight excluding hydrogens is 264 g/mol. The third kappa shape index (κ3) is 2.90. The van der Waals surface area contributed by atoms with E-state index in [0.717, 1.165) is 5.56 Å². The lowest BCUT2D eigenvalue weighted by Gasteiger charge is -2.21. The molecule has 2 aromatic rings. The molecule has 0 unspecified atom stereocenters. The SMILES string of the molecule is CCN(Cc1ccccc1N)C(=O)c1ccoc1Cl. The Morgan fingerprint density at radius 3 is 2.68 bits per heavy atom. The van der Waals surface area contributed by atoms with E-state index in [9.17, 15) is 4.79 Å². The minimum Gasteiger partial charge on any atom is -0.452 e. The first kappa shape index (κ1) is 13.5. The van der Waals surface area contributed by atoms with Crippen molar-refractivity contribution in [2.75, 3.05) is 12.3 Å². The van der Waals surface area contributed by atoms with Crippen LogP contribution in [0.1, 0.15) is 22.8 Å². The van der Waals surface area contributed by atoms with Crippen molar-refractivity contribution in [1.82, 2.24) is 4.90 Å². The summed E-state index contributed by atoms with van der Waals surface area (Å²) in [6.07, 6.45) is 1.40. The van der Waals surface area contributed by atoms with Gasteiger partial charge in [-0.2, -0.15) is 0 Å². The third-order valence-corrected chi connectivity index (χ3v) is 3.23. The predicted octanol–water partition coefficient (Wildman–Crippen LogP) is 3.18. The van der Waals surface area contributed by atoms with Crippen LogP contribution in [0.5, 0.6) is 0 Å². The Labute approximate surface area is 116 Å². The van der Waals surface area contributed by atoms with Gasteiger partial charge >= 0.3 is 0 Å². The van der Waals surface area contributed by atoms with E-state index in [-0.39, 0.29) is 11.1 Å². The number of nitrogen functional groups attached to an aromatic ring is 1. The molecule has 2 N–H and O–H groups in total. The summed E-state index contributed by atoms with van der Waals surface area (Å²) in [5.74, 6) is -0.162. The molecule has 0 spiro atoms. The lowest BCUT2D eigenvalue weighted by atomic mass is 10.1. The number of hydrogen-bond donors (Lipinski definition) is 1. The topological polar surface area (TPSA) is 59.5 Å². The molecular formula is C14H15ClN2O2. The number of para-hydroxylation sites is 1. The highest BCUT2D eigenvalue weighted by Gasteiger charge is 2.19. The first-order valence-electron chi connectivity index (χ1n) is 5.99. The van der Waals surface area contributed by atoms with Gasteiger partial charge in [0.05, 0.1) is 11.8 Å². The van der Waals surface area contributed by atoms with Crippen molar-refractivity contribution in [3.05, 3.63) is 52.9 Å². The van der Waals surface area contributed by atoms with Crippen molar-refractivity contribution in [2.24, 2.45) is 0 Å². The summed E-state index contributed by atoms with van der Waals surface area (Å²) in [5.41, 5.74) is 7.85. The molecule has 1 aromatic heterocycles. The first-order valence-corrected chi connectivity index (χ1v) is 6.37. The molecule has 0 atom stereocenters. The van der Waals surface area contributed by atoms with E-state index in [0.29, 0.717) is 24.3 Å². The number of nitrogens with two attached hydrogens (primary N) is 1. The lowest BCUT2D eigenvalue weighted by molar-refractivity contribution is 0.0752. The standard InChI is InChI=1S/C14H15ClN2O2/c1-2-17(9-10-5-3-4-6-12(10)16)14(18)11-7-8-19-13(11)15/h3-8H,2,9,16H2,1H3. The van der Waals surface area contributed by atoms with Gasteiger partial charge in [0.15, 0.2) is 0 Å². The summed E-state index contributed by atoms with van der Waals surface area (Å²) >= 11 is 5.83. The molecule has 0 saturated heterocycles. The molecule has 0 aliphatic rings. The number of nitrogens with zero attached hydrogens (tertiary/aromatic N) is 1. The Morgan fingerprint density at radius 1 is 1.37 bits per heavy atom. The van der Waals surface area contributed by atoms with Gasteiger partial charge in [-0.05, 0) is 36.2 Å². The van der Waals surface area contributed by atoms with Crippen molar-refractivity contribution >= 4 is 23.2 Å². The largest absolute Gasteiger partial charge is 0.452 e. The molecule has 5 heteroatoms. The maximum atomic E-state index is 12.3. The Kier molecular flexibility index (Phi) is 4.12. The van der Waals surface area contributed by atoms with Crippen LogP contribution < -0.4 is 5.73 Å². The fourth-order valence-corrected chi connectivity index (χ4v) is 2.02. The summed E-state index contributed by atoms with van der Waals surface area (Å²) in [5, 5.41) is 0.115. The zero-order chi connectivity index (χ0) is 13.8. The van der Waals surface area contributed by atoms with Gasteiger partial charge in [-0.3, -0.25) is 4.79 Å². The number of carbonyl (C=O) groups excluding carboxylic acids is 1. The normalized spacial score (nSPS) is 10.4. The van der Waals surface area contributed by atoms with Gasteiger partial charge in [-0.25, -0.2) is 0 Å². The molecule has 1 amide bonds. The van der Waals surface area contributed by atoms with E-state index in [4.69, 9.17) is 21.8 Å². The van der Waals surface area contributed by atoms with Crippen LogP contribution in [-0.4, -0.2) is 17.4 Å². The van der Waals surface area contributed by atoms with E-state index in [1.165, 1.54) is 6.26 Å². The summed E-state index contributed by atoms with van der Waals surface area (Å²) in [6, 6.07) is 9.06. The molecule has 4 nitrogen and oxygen atoms in total. The lowest BCUT2D eigenvalue weighted by Crippen LogP contribution is -2.30. The number of halogens is 1. The smallest absolute Gasteiger partial charge is 0.259 e. The van der Waals surface area contributed by atoms with Gasteiger partial charge in [0.2, 0.25) is 5.22 Å². The fourth-order valence-electron chi connectivity index (χ4n) is 1.83. The molecule has 2 rings (SSSR count). The van der Waals surface area contributed by atoms with Gasteiger partial charge in [0.1, 0.15) is 0 Å². The van der Waals surface area contributed by atoms with Gasteiger partial charge in [0, 0.05) is 18.8 Å². The Balaban J connectivity index is 2.20. The second kappa shape index (κ2) is 5.80. The number of anilines is 1. The van der Waals surface area contributed by atoms with Crippen molar-refractivity contribution < 1.29 is 9.21 Å². The molecule has 1 aromatic carbocycles. The van der Waals surface area contributed by atoms with Crippen LogP contribution in [0.2, 0.25) is 5.22 Å². The molecule has 0 aliphatic carbocycles. The zero-order valence-corrected chi connectivity index (χ0v) is 11.4. The van der Waals surface area contributed by atoms with E-state index >= 15 is 0 Å². The number of hydrogen-bond acceptors (Lipinski definition) is 3. The number of carbonyl (C=O) groups is 1. The van der Waals surface area contributed by atoms with E-state index < -0.39 is 0 Å². The molecule has 0 aliphatic heterocycles. The van der Waals surface area contributed by atoms with Crippen LogP contribution in [0.15, 0.2) is 41.0 Å². The minimum absolute atomic E-state index is 0.115. The summed E-state index contributed by atoms with van der Waals surface area (Å²) in [7, 11) is 0. The number of rotatable bonds is 4. The average Bonchev–Trinajstić information content (AvgIpc) is 2.83. The Bertz CT molecular complexity index is 580. The average molecular weight is 279 g/mol. The second-order valence-corrected chi connectivity index (χ2v) is 4.47. The van der Waals surface area contributed by atoms with Crippen LogP contribution in [-0.2, 0) is 6.54 Å². The van der Waals surface area contributed by atoms with Crippen LogP contribution in [0.25, 0.3) is 0 Å². The van der Waals surface area contributed by atoms with Crippen molar-refractivity contribution in [1.29, 1.82) is 0 Å². The Hall–Kier alpha value is -1.94. The quantitative estimate of drug-likeness (QED) is 0.874. The van der Waals surface area contributed by atoms with Crippen molar-refractivity contribution in [2.45, 2.75) is 13.5 Å². The number of furan rings is 1. The van der Waals surface area contributed by atoms with Crippen LogP contribution in [0, 0.1) is 0 Å². The minimum atomic E-state index is -0.162.